The molecule has 1 aliphatic rings. The average molecular weight is 547 g/mol. The molecule has 1 aliphatic heterocycles. The molecule has 0 spiro atoms. The highest BCUT2D eigenvalue weighted by molar-refractivity contribution is 7.91. The first-order chi connectivity index (χ1) is 18.8. The van der Waals surface area contributed by atoms with Crippen molar-refractivity contribution in [1.82, 2.24) is 29.7 Å². The van der Waals surface area contributed by atoms with Crippen LogP contribution < -0.4 is 9.46 Å². The first kappa shape index (κ1) is 25.6. The summed E-state index contributed by atoms with van der Waals surface area (Å²) in [5, 5.41) is 19.0. The van der Waals surface area contributed by atoms with Crippen LogP contribution >= 0.6 is 0 Å². The maximum absolute atomic E-state index is 12.9. The Balaban J connectivity index is 1.65. The Labute approximate surface area is 223 Å². The monoisotopic (exact) mass is 546 g/mol. The van der Waals surface area contributed by atoms with Crippen molar-refractivity contribution in [3.05, 3.63) is 71.4 Å². The molecule has 0 saturated carbocycles. The zero-order valence-electron chi connectivity index (χ0n) is 21.1. The molecule has 3 aromatic heterocycles. The first-order valence-electron chi connectivity index (χ1n) is 11.6. The predicted octanol–water partition coefficient (Wildman–Crippen LogP) is 2.67. The highest BCUT2D eigenvalue weighted by atomic mass is 32.2. The number of nitrogens with one attached hydrogen (secondary N) is 1. The Kier molecular flexibility index (Phi) is 6.82. The summed E-state index contributed by atoms with van der Waals surface area (Å²) in [6.45, 7) is 4.01. The topological polar surface area (TPSA) is 167 Å². The molecular weight excluding hydrogens is 524 g/mol. The number of imidazole rings is 1. The number of phenolic OH excluding ortho intramolecular Hbond substituents is 1. The number of sulfonamides is 1. The second-order valence-electron chi connectivity index (χ2n) is 8.22. The molecule has 0 radical (unpaired) electrons. The van der Waals surface area contributed by atoms with E-state index in [2.05, 4.69) is 46.3 Å². The third kappa shape index (κ3) is 5.34. The molecule has 39 heavy (non-hydrogen) atoms. The number of phenols is 1. The van der Waals surface area contributed by atoms with Gasteiger partial charge in [-0.05, 0) is 37.3 Å². The molecule has 14 heteroatoms. The molecule has 0 unspecified atom stereocenters. The average Bonchev–Trinajstić information content (AvgIpc) is 3.28. The van der Waals surface area contributed by atoms with Crippen molar-refractivity contribution >= 4 is 38.6 Å². The lowest BCUT2D eigenvalue weighted by Gasteiger charge is -2.15. The van der Waals surface area contributed by atoms with Crippen LogP contribution in [0.1, 0.15) is 24.1 Å². The van der Waals surface area contributed by atoms with Gasteiger partial charge in [0.25, 0.3) is 0 Å². The molecular formula is C25H22N8O5S. The Morgan fingerprint density at radius 1 is 1.18 bits per heavy atom. The van der Waals surface area contributed by atoms with Gasteiger partial charge in [-0.15, -0.1) is 10.2 Å². The number of ether oxygens (including phenoxy) is 2. The van der Waals surface area contributed by atoms with Crippen LogP contribution in [0.2, 0.25) is 0 Å². The minimum Gasteiger partial charge on any atom is -0.506 e. The molecule has 198 valence electrons. The summed E-state index contributed by atoms with van der Waals surface area (Å²) in [7, 11) is -2.49. The van der Waals surface area contributed by atoms with E-state index in [9.17, 15) is 13.5 Å². The molecule has 13 nitrogen and oxygen atoms in total. The van der Waals surface area contributed by atoms with Gasteiger partial charge in [0, 0.05) is 18.5 Å². The number of benzene rings is 1. The van der Waals surface area contributed by atoms with Gasteiger partial charge < -0.3 is 14.6 Å². The van der Waals surface area contributed by atoms with E-state index >= 15 is 0 Å². The minimum absolute atomic E-state index is 0.0803. The number of hydrogen-bond acceptors (Lipinski definition) is 11. The van der Waals surface area contributed by atoms with Gasteiger partial charge in [-0.2, -0.15) is 0 Å². The van der Waals surface area contributed by atoms with Gasteiger partial charge >= 0.3 is 0 Å². The fourth-order valence-corrected chi connectivity index (χ4v) is 4.72. The van der Waals surface area contributed by atoms with Gasteiger partial charge in [0.1, 0.15) is 28.8 Å². The number of aromatic nitrogens is 6. The quantitative estimate of drug-likeness (QED) is 0.314. The van der Waals surface area contributed by atoms with E-state index in [1.807, 2.05) is 6.92 Å². The molecule has 1 aromatic carbocycles. The summed E-state index contributed by atoms with van der Waals surface area (Å²) in [6.07, 6.45) is 4.60. The number of aryl methyl sites for hydroxylation is 1. The standard InChI is InChI=1S/C25H22N8O5S/c1-4-38-22-10-5-7-16(28-22)25-29-24-17(33(25)23-18(34)8-6-9-19(23)37-3)11-20(30-31-24)32-39(35,36)14-21-26-12-15(2)13-27-21/h6,8-13,34H,4,14H2,1-3H3,(H,30,32). The number of anilines is 1. The number of rotatable bonds is 8. The van der Waals surface area contributed by atoms with E-state index in [0.717, 1.165) is 5.56 Å². The van der Waals surface area contributed by atoms with Crippen molar-refractivity contribution in [2.24, 2.45) is 4.99 Å². The van der Waals surface area contributed by atoms with E-state index in [-0.39, 0.29) is 40.2 Å². The first-order valence-corrected chi connectivity index (χ1v) is 13.3. The lowest BCUT2D eigenvalue weighted by molar-refractivity contribution is 0.330. The number of hydrogen-bond donors (Lipinski definition) is 2. The van der Waals surface area contributed by atoms with E-state index in [0.29, 0.717) is 23.8 Å². The van der Waals surface area contributed by atoms with E-state index in [1.165, 1.54) is 42.3 Å². The minimum atomic E-state index is -3.95. The zero-order valence-corrected chi connectivity index (χ0v) is 21.9. The lowest BCUT2D eigenvalue weighted by atomic mass is 10.2. The van der Waals surface area contributed by atoms with Gasteiger partial charge in [-0.3, -0.25) is 9.29 Å². The summed E-state index contributed by atoms with van der Waals surface area (Å²) in [6, 6.07) is 6.20. The zero-order chi connectivity index (χ0) is 27.6. The number of para-hydroxylation sites is 1. The summed E-state index contributed by atoms with van der Waals surface area (Å²) in [5.74, 6) is 0.274. The van der Waals surface area contributed by atoms with Crippen LogP contribution in [0.4, 0.5) is 5.82 Å². The third-order valence-corrected chi connectivity index (χ3v) is 6.52. The molecule has 0 aliphatic carbocycles. The number of nitrogens with zero attached hydrogens (tertiary/aromatic N) is 7. The van der Waals surface area contributed by atoms with Crippen LogP contribution in [0.25, 0.3) is 22.5 Å². The summed E-state index contributed by atoms with van der Waals surface area (Å²) in [5.41, 5.74) is 7.48. The van der Waals surface area contributed by atoms with Crippen LogP contribution in [-0.4, -0.2) is 62.9 Å². The number of fused-ring (bicyclic) bond motifs is 1. The Morgan fingerprint density at radius 2 is 1.97 bits per heavy atom. The smallest absolute Gasteiger partial charge is 0.241 e. The summed E-state index contributed by atoms with van der Waals surface area (Å²) in [4.78, 5) is 17.1. The van der Waals surface area contributed by atoms with Crippen molar-refractivity contribution in [2.75, 3.05) is 18.4 Å². The second-order valence-corrected chi connectivity index (χ2v) is 9.94. The second kappa shape index (κ2) is 10.4. The molecule has 0 fully saturated rings. The molecule has 4 heterocycles. The molecule has 4 aromatic rings. The van der Waals surface area contributed by atoms with Gasteiger partial charge in [0.2, 0.25) is 21.6 Å². The van der Waals surface area contributed by atoms with Crippen LogP contribution in [0.15, 0.2) is 59.2 Å². The highest BCUT2D eigenvalue weighted by Crippen LogP contribution is 2.37. The van der Waals surface area contributed by atoms with E-state index in [1.54, 1.807) is 19.1 Å². The maximum atomic E-state index is 12.9. The van der Waals surface area contributed by atoms with Gasteiger partial charge in [-0.1, -0.05) is 11.8 Å². The molecule has 0 amide bonds. The number of aliphatic imine (C=N–C) groups is 1. The van der Waals surface area contributed by atoms with Gasteiger partial charge in [0.05, 0.1) is 25.3 Å². The summed E-state index contributed by atoms with van der Waals surface area (Å²) < 4.78 is 40.6. The predicted molar refractivity (Wildman–Crippen MR) is 142 cm³/mol. The van der Waals surface area contributed by atoms with E-state index < -0.39 is 15.8 Å². The van der Waals surface area contributed by atoms with Crippen molar-refractivity contribution in [3.8, 4) is 17.2 Å². The van der Waals surface area contributed by atoms with Crippen LogP contribution in [0.3, 0.4) is 0 Å². The molecule has 2 N–H and O–H groups in total. The largest absolute Gasteiger partial charge is 0.506 e. The van der Waals surface area contributed by atoms with Crippen molar-refractivity contribution < 1.29 is 23.0 Å². The number of methoxy groups -OCH3 is 1. The Bertz CT molecular complexity index is 1820. The van der Waals surface area contributed by atoms with E-state index in [4.69, 9.17) is 9.47 Å². The molecule has 0 saturated heterocycles. The lowest BCUT2D eigenvalue weighted by Crippen LogP contribution is -2.17. The van der Waals surface area contributed by atoms with Crippen LogP contribution in [0.5, 0.6) is 11.5 Å². The molecule has 5 rings (SSSR count). The Morgan fingerprint density at radius 3 is 2.72 bits per heavy atom. The fraction of sp³-hybridized carbons (Fsp3) is 0.200. The SMILES string of the molecule is CCOC1=NC(c2nc3nnc(NS(=O)(=O)Cc4ncc(C)cn4)cc3n2-c2c(O)cccc2OC)=C=C=C1. The van der Waals surface area contributed by atoms with Crippen molar-refractivity contribution in [3.63, 3.8) is 0 Å². The van der Waals surface area contributed by atoms with Crippen molar-refractivity contribution in [2.45, 2.75) is 19.6 Å². The molecule has 0 atom stereocenters. The number of aromatic hydroxyl groups is 1. The third-order valence-electron chi connectivity index (χ3n) is 5.37. The Hall–Kier alpha value is -5.03. The van der Waals surface area contributed by atoms with Gasteiger partial charge in [-0.25, -0.2) is 28.4 Å². The maximum Gasteiger partial charge on any atom is 0.241 e. The van der Waals surface area contributed by atoms with Crippen molar-refractivity contribution in [1.29, 1.82) is 0 Å². The van der Waals surface area contributed by atoms with Crippen LogP contribution in [-0.2, 0) is 20.5 Å². The normalized spacial score (nSPS) is 12.8. The van der Waals surface area contributed by atoms with Crippen LogP contribution in [0, 0.1) is 6.92 Å². The van der Waals surface area contributed by atoms with Gasteiger partial charge in [0.15, 0.2) is 17.3 Å². The molecule has 0 bridgehead atoms. The summed E-state index contributed by atoms with van der Waals surface area (Å²) >= 11 is 0. The fourth-order valence-electron chi connectivity index (χ4n) is 3.74. The highest BCUT2D eigenvalue weighted by Gasteiger charge is 2.25.